The van der Waals surface area contributed by atoms with Gasteiger partial charge < -0.3 is 5.11 Å². The lowest BCUT2D eigenvalue weighted by atomic mass is 9.74. The van der Waals surface area contributed by atoms with Crippen molar-refractivity contribution in [2.75, 3.05) is 0 Å². The van der Waals surface area contributed by atoms with Gasteiger partial charge in [-0.3, -0.25) is 0 Å². The number of aromatic nitrogens is 2. The van der Waals surface area contributed by atoms with E-state index in [4.69, 9.17) is 11.6 Å². The second-order valence-corrected chi connectivity index (χ2v) is 11.2. The molecule has 1 N–H and O–H groups in total. The highest BCUT2D eigenvalue weighted by Gasteiger charge is 2.54. The molecule has 3 aromatic rings. The van der Waals surface area contributed by atoms with E-state index in [2.05, 4.69) is 5.10 Å². The number of allylic oxidation sites excluding steroid dienone is 1. The Morgan fingerprint density at radius 2 is 1.97 bits per heavy atom. The van der Waals surface area contributed by atoms with Crippen LogP contribution in [0.2, 0.25) is 0 Å². The van der Waals surface area contributed by atoms with Gasteiger partial charge in [-0.15, -0.1) is 0 Å². The predicted molar refractivity (Wildman–Crippen MR) is 116 cm³/mol. The van der Waals surface area contributed by atoms with E-state index < -0.39 is 16.1 Å². The molecule has 0 saturated heterocycles. The number of rotatable bonds is 2. The molecule has 1 unspecified atom stereocenters. The highest BCUT2D eigenvalue weighted by molar-refractivity contribution is 7.89. The molecular formula is C23H21ClN2O3S. The van der Waals surface area contributed by atoms with Gasteiger partial charge in [-0.2, -0.15) is 17.6 Å². The van der Waals surface area contributed by atoms with E-state index in [0.29, 0.717) is 10.5 Å². The molecule has 2 aromatic carbocycles. The van der Waals surface area contributed by atoms with Crippen LogP contribution in [0.5, 0.6) is 0 Å². The van der Waals surface area contributed by atoms with Gasteiger partial charge in [0.1, 0.15) is 0 Å². The van der Waals surface area contributed by atoms with Crippen molar-refractivity contribution in [3.05, 3.63) is 64.3 Å². The maximum atomic E-state index is 13.1. The van der Waals surface area contributed by atoms with Crippen LogP contribution in [0, 0.1) is 18.3 Å². The Balaban J connectivity index is 1.53. The Morgan fingerprint density at radius 1 is 1.20 bits per heavy atom. The van der Waals surface area contributed by atoms with Crippen LogP contribution in [0.15, 0.2) is 52.5 Å². The van der Waals surface area contributed by atoms with Crippen molar-refractivity contribution in [2.24, 2.45) is 11.3 Å². The van der Waals surface area contributed by atoms with E-state index in [0.717, 1.165) is 57.4 Å². The van der Waals surface area contributed by atoms with Gasteiger partial charge in [0, 0.05) is 10.8 Å². The number of hydrogen-bond acceptors (Lipinski definition) is 4. The van der Waals surface area contributed by atoms with E-state index >= 15 is 0 Å². The molecule has 0 radical (unpaired) electrons. The van der Waals surface area contributed by atoms with Crippen LogP contribution in [-0.4, -0.2) is 28.8 Å². The first kappa shape index (κ1) is 18.6. The fraction of sp³-hybridized carbons (Fsp3) is 0.348. The first-order valence-electron chi connectivity index (χ1n) is 10.2. The van der Waals surface area contributed by atoms with Crippen molar-refractivity contribution in [1.29, 1.82) is 0 Å². The molecule has 7 heteroatoms. The molecule has 0 amide bonds. The lowest BCUT2D eigenvalue weighted by Gasteiger charge is -2.33. The highest BCUT2D eigenvalue weighted by atomic mass is 35.5. The van der Waals surface area contributed by atoms with Crippen LogP contribution >= 0.6 is 11.6 Å². The van der Waals surface area contributed by atoms with Crippen molar-refractivity contribution >= 4 is 38.1 Å². The lowest BCUT2D eigenvalue weighted by molar-refractivity contribution is 0.138. The van der Waals surface area contributed by atoms with Gasteiger partial charge in [0.25, 0.3) is 10.0 Å². The minimum Gasteiger partial charge on any atom is -0.387 e. The second-order valence-electron chi connectivity index (χ2n) is 8.97. The van der Waals surface area contributed by atoms with Gasteiger partial charge >= 0.3 is 0 Å². The fourth-order valence-corrected chi connectivity index (χ4v) is 7.39. The van der Waals surface area contributed by atoms with Crippen molar-refractivity contribution in [3.8, 4) is 0 Å². The number of aliphatic hydroxyl groups excluding tert-OH is 1. The van der Waals surface area contributed by atoms with E-state index in [9.17, 15) is 13.5 Å². The molecule has 2 bridgehead atoms. The van der Waals surface area contributed by atoms with Crippen LogP contribution in [0.1, 0.15) is 36.0 Å². The summed E-state index contributed by atoms with van der Waals surface area (Å²) >= 11 is 6.66. The van der Waals surface area contributed by atoms with E-state index in [1.54, 1.807) is 30.5 Å². The summed E-state index contributed by atoms with van der Waals surface area (Å²) in [6.07, 6.45) is 4.78. The molecule has 30 heavy (non-hydrogen) atoms. The molecule has 1 heterocycles. The Labute approximate surface area is 180 Å². The van der Waals surface area contributed by atoms with Gasteiger partial charge in [0.2, 0.25) is 0 Å². The van der Waals surface area contributed by atoms with E-state index in [1.165, 1.54) is 0 Å². The summed E-state index contributed by atoms with van der Waals surface area (Å²) in [4.78, 5) is 0.220. The van der Waals surface area contributed by atoms with Crippen LogP contribution in [0.3, 0.4) is 0 Å². The Bertz CT molecular complexity index is 1360. The standard InChI is InChI=1S/C23H21ClN2O3S/c1-13-2-4-15(5-3-13)30(28,29)26-12-18-17-11-23-9-8-14(10-23)22(27)21(24)20(23)16(17)6-7-19(18)25-26/h2-7,12,14,22,27H,8-11H2,1H3/t14-,22-,23?/m1/s1. The van der Waals surface area contributed by atoms with Crippen LogP contribution in [-0.2, 0) is 16.4 Å². The number of halogens is 1. The molecule has 3 atom stereocenters. The number of aliphatic hydroxyl groups is 1. The third-order valence-electron chi connectivity index (χ3n) is 7.25. The van der Waals surface area contributed by atoms with Crippen molar-refractivity contribution in [2.45, 2.75) is 43.6 Å². The Hall–Kier alpha value is -2.15. The van der Waals surface area contributed by atoms with Crippen LogP contribution in [0.25, 0.3) is 16.5 Å². The van der Waals surface area contributed by atoms with Crippen LogP contribution < -0.4 is 0 Å². The average molecular weight is 441 g/mol. The number of nitrogens with zero attached hydrogens (tertiary/aromatic N) is 2. The van der Waals surface area contributed by atoms with E-state index in [1.807, 2.05) is 19.1 Å². The highest BCUT2D eigenvalue weighted by Crippen LogP contribution is 2.64. The molecule has 5 nitrogen and oxygen atoms in total. The van der Waals surface area contributed by atoms with Gasteiger partial charge in [0.05, 0.1) is 27.7 Å². The molecule has 1 aromatic heterocycles. The largest absolute Gasteiger partial charge is 0.387 e. The number of benzene rings is 2. The molecular weight excluding hydrogens is 420 g/mol. The zero-order chi connectivity index (χ0) is 20.8. The van der Waals surface area contributed by atoms with Gasteiger partial charge in [0.15, 0.2) is 0 Å². The summed E-state index contributed by atoms with van der Waals surface area (Å²) < 4.78 is 27.3. The topological polar surface area (TPSA) is 72.2 Å². The molecule has 6 rings (SSSR count). The van der Waals surface area contributed by atoms with Crippen molar-refractivity contribution < 1.29 is 13.5 Å². The molecule has 1 fully saturated rings. The second kappa shape index (κ2) is 5.96. The smallest absolute Gasteiger partial charge is 0.282 e. The number of fused-ring (bicyclic) bond motifs is 5. The number of hydrogen-bond donors (Lipinski definition) is 1. The summed E-state index contributed by atoms with van der Waals surface area (Å²) in [6, 6.07) is 10.6. The molecule has 154 valence electrons. The predicted octanol–water partition coefficient (Wildman–Crippen LogP) is 4.25. The average Bonchev–Trinajstić information content (AvgIpc) is 3.41. The zero-order valence-electron chi connectivity index (χ0n) is 16.5. The monoisotopic (exact) mass is 440 g/mol. The maximum absolute atomic E-state index is 13.1. The third kappa shape index (κ3) is 2.33. The Morgan fingerprint density at radius 3 is 2.73 bits per heavy atom. The zero-order valence-corrected chi connectivity index (χ0v) is 18.0. The normalized spacial score (nSPS) is 27.6. The van der Waals surface area contributed by atoms with Crippen molar-refractivity contribution in [3.63, 3.8) is 0 Å². The molecule has 0 aliphatic heterocycles. The fourth-order valence-electron chi connectivity index (χ4n) is 5.77. The molecule has 3 aliphatic carbocycles. The summed E-state index contributed by atoms with van der Waals surface area (Å²) in [5.41, 5.74) is 4.83. The molecule has 1 spiro atoms. The van der Waals surface area contributed by atoms with Crippen LogP contribution in [0.4, 0.5) is 0 Å². The summed E-state index contributed by atoms with van der Waals surface area (Å²) in [7, 11) is -3.77. The summed E-state index contributed by atoms with van der Waals surface area (Å²) in [5, 5.41) is 16.4. The van der Waals surface area contributed by atoms with Gasteiger partial charge in [-0.1, -0.05) is 35.4 Å². The minimum atomic E-state index is -3.77. The van der Waals surface area contributed by atoms with Gasteiger partial charge in [-0.05, 0) is 73.4 Å². The Kier molecular flexibility index (Phi) is 3.70. The number of aryl methyl sites for hydroxylation is 1. The van der Waals surface area contributed by atoms with Crippen molar-refractivity contribution in [1.82, 2.24) is 9.19 Å². The molecule has 3 aliphatic rings. The molecule has 1 saturated carbocycles. The maximum Gasteiger partial charge on any atom is 0.282 e. The quantitative estimate of drug-likeness (QED) is 0.646. The minimum absolute atomic E-state index is 0.0322. The first-order chi connectivity index (χ1) is 14.3. The van der Waals surface area contributed by atoms with E-state index in [-0.39, 0.29) is 16.2 Å². The summed E-state index contributed by atoms with van der Waals surface area (Å²) in [6.45, 7) is 1.92. The van der Waals surface area contributed by atoms with Gasteiger partial charge in [-0.25, -0.2) is 0 Å². The third-order valence-corrected chi connectivity index (χ3v) is 9.21. The lowest BCUT2D eigenvalue weighted by Crippen LogP contribution is -2.29. The first-order valence-corrected chi connectivity index (χ1v) is 12.0. The summed E-state index contributed by atoms with van der Waals surface area (Å²) in [5.74, 6) is 0.218. The SMILES string of the molecule is Cc1ccc(S(=O)(=O)n2cc3c4c(ccc3n2)C2=C(Cl)[C@H](O)[C@@H]3CCC2(C4)C3)cc1.